The molecule has 0 radical (unpaired) electrons. The van der Waals surface area contributed by atoms with E-state index >= 15 is 0 Å². The number of halogens is 1. The first-order chi connectivity index (χ1) is 8.20. The largest absolute Gasteiger partial charge is 0.308 e. The van der Waals surface area contributed by atoms with E-state index in [2.05, 4.69) is 27.1 Å². The average Bonchev–Trinajstić information content (AvgIpc) is 2.74. The summed E-state index contributed by atoms with van der Waals surface area (Å²) in [5, 5.41) is 8.68. The Morgan fingerprint density at radius 3 is 2.82 bits per heavy atom. The minimum absolute atomic E-state index is 0.536. The van der Waals surface area contributed by atoms with Crippen LogP contribution in [0.4, 0.5) is 0 Å². The third-order valence-electron chi connectivity index (χ3n) is 2.13. The molecule has 0 saturated heterocycles. The van der Waals surface area contributed by atoms with Crippen LogP contribution in [0, 0.1) is 11.5 Å². The van der Waals surface area contributed by atoms with Crippen LogP contribution in [0.5, 0.6) is 0 Å². The summed E-state index contributed by atoms with van der Waals surface area (Å²) in [4.78, 5) is 5.82. The van der Waals surface area contributed by atoms with Gasteiger partial charge in [0.05, 0.1) is 24.1 Å². The highest BCUT2D eigenvalue weighted by atomic mass is 79.9. The fraction of sp³-hybridized carbons (Fsp3) is 0.333. The number of fused-ring (bicyclic) bond motifs is 1. The van der Waals surface area contributed by atoms with Gasteiger partial charge >= 0.3 is 0 Å². The number of aromatic nitrogens is 2. The van der Waals surface area contributed by atoms with Gasteiger partial charge in [-0.1, -0.05) is 13.8 Å². The lowest BCUT2D eigenvalue weighted by molar-refractivity contribution is 0.465. The Bertz CT molecular complexity index is 527. The molecule has 0 aliphatic carbocycles. The van der Waals surface area contributed by atoms with Crippen molar-refractivity contribution < 1.29 is 0 Å². The summed E-state index contributed by atoms with van der Waals surface area (Å²) in [5.41, 5.74) is 1.94. The molecule has 0 amide bonds. The van der Waals surface area contributed by atoms with Gasteiger partial charge in [-0.3, -0.25) is 0 Å². The molecule has 0 aliphatic rings. The van der Waals surface area contributed by atoms with Gasteiger partial charge in [0.1, 0.15) is 0 Å². The van der Waals surface area contributed by atoms with Crippen LogP contribution in [0.3, 0.4) is 0 Å². The highest BCUT2D eigenvalue weighted by Crippen LogP contribution is 2.15. The second-order valence-corrected chi connectivity index (χ2v) is 4.20. The van der Waals surface area contributed by atoms with E-state index in [0.29, 0.717) is 6.54 Å². The predicted octanol–water partition coefficient (Wildman–Crippen LogP) is 3.04. The van der Waals surface area contributed by atoms with Crippen molar-refractivity contribution in [2.75, 3.05) is 7.05 Å². The highest BCUT2D eigenvalue weighted by Gasteiger charge is 2.06. The number of nitrogens with zero attached hydrogens (tertiary/aromatic N) is 4. The van der Waals surface area contributed by atoms with Crippen LogP contribution in [0.15, 0.2) is 29.1 Å². The van der Waals surface area contributed by atoms with Gasteiger partial charge in [0.15, 0.2) is 6.19 Å². The molecule has 0 N–H and O–H groups in total. The minimum Gasteiger partial charge on any atom is -0.308 e. The molecular formula is C12H15BrN4. The summed E-state index contributed by atoms with van der Waals surface area (Å²) in [7, 11) is 1.74. The second-order valence-electron chi connectivity index (χ2n) is 3.29. The van der Waals surface area contributed by atoms with Gasteiger partial charge in [-0.2, -0.15) is 5.26 Å². The normalized spacial score (nSPS) is 9.35. The highest BCUT2D eigenvalue weighted by molar-refractivity contribution is 9.10. The van der Waals surface area contributed by atoms with E-state index in [4.69, 9.17) is 5.26 Å². The Balaban J connectivity index is 0.000000686. The van der Waals surface area contributed by atoms with E-state index in [9.17, 15) is 0 Å². The first-order valence-corrected chi connectivity index (χ1v) is 6.22. The van der Waals surface area contributed by atoms with Crippen molar-refractivity contribution in [2.45, 2.75) is 20.4 Å². The number of rotatable bonds is 2. The molecule has 2 heterocycles. The van der Waals surface area contributed by atoms with E-state index in [1.807, 2.05) is 36.6 Å². The van der Waals surface area contributed by atoms with E-state index < -0.39 is 0 Å². The topological polar surface area (TPSA) is 44.3 Å². The lowest BCUT2D eigenvalue weighted by Crippen LogP contribution is -2.10. The molecule has 2 rings (SSSR count). The van der Waals surface area contributed by atoms with Crippen LogP contribution in [0.1, 0.15) is 19.5 Å². The zero-order valence-electron chi connectivity index (χ0n) is 10.2. The molecule has 2 aromatic rings. The Morgan fingerprint density at radius 1 is 1.47 bits per heavy atom. The summed E-state index contributed by atoms with van der Waals surface area (Å²) in [6, 6.07) is 3.95. The van der Waals surface area contributed by atoms with Gasteiger partial charge in [0, 0.05) is 17.7 Å². The fourth-order valence-corrected chi connectivity index (χ4v) is 1.76. The quantitative estimate of drug-likeness (QED) is 0.632. The maximum absolute atomic E-state index is 8.68. The van der Waals surface area contributed by atoms with Crippen LogP contribution in [0.2, 0.25) is 0 Å². The van der Waals surface area contributed by atoms with Crippen LogP contribution >= 0.6 is 15.9 Å². The SMILES string of the molecule is CC.CN(C#N)Cc1ncn2cc(Br)ccc12. The van der Waals surface area contributed by atoms with Crippen molar-refractivity contribution >= 4 is 21.4 Å². The molecule has 0 bridgehead atoms. The number of nitriles is 1. The molecule has 17 heavy (non-hydrogen) atoms. The molecule has 5 heteroatoms. The smallest absolute Gasteiger partial charge is 0.179 e. The van der Waals surface area contributed by atoms with Gasteiger partial charge in [0.2, 0.25) is 0 Å². The van der Waals surface area contributed by atoms with Crippen molar-refractivity contribution in [1.29, 1.82) is 5.26 Å². The van der Waals surface area contributed by atoms with Gasteiger partial charge in [-0.15, -0.1) is 0 Å². The summed E-state index contributed by atoms with van der Waals surface area (Å²) < 4.78 is 2.94. The van der Waals surface area contributed by atoms with Gasteiger partial charge in [0.25, 0.3) is 0 Å². The number of hydrogen-bond donors (Lipinski definition) is 0. The minimum atomic E-state index is 0.536. The fourth-order valence-electron chi connectivity index (χ4n) is 1.41. The Hall–Kier alpha value is -1.54. The lowest BCUT2D eigenvalue weighted by Gasteiger charge is -2.06. The number of pyridine rings is 1. The maximum atomic E-state index is 8.68. The summed E-state index contributed by atoms with van der Waals surface area (Å²) in [5.74, 6) is 0. The first kappa shape index (κ1) is 13.5. The van der Waals surface area contributed by atoms with E-state index in [1.54, 1.807) is 18.3 Å². The molecular weight excluding hydrogens is 280 g/mol. The van der Waals surface area contributed by atoms with Crippen LogP contribution in [-0.4, -0.2) is 21.3 Å². The van der Waals surface area contributed by atoms with Crippen molar-refractivity contribution in [3.63, 3.8) is 0 Å². The first-order valence-electron chi connectivity index (χ1n) is 5.42. The monoisotopic (exact) mass is 294 g/mol. The molecule has 0 atom stereocenters. The second kappa shape index (κ2) is 6.26. The molecule has 0 aliphatic heterocycles. The van der Waals surface area contributed by atoms with Crippen molar-refractivity contribution in [1.82, 2.24) is 14.3 Å². The summed E-state index contributed by atoms with van der Waals surface area (Å²) in [6.45, 7) is 4.54. The van der Waals surface area contributed by atoms with Gasteiger partial charge in [-0.05, 0) is 28.1 Å². The predicted molar refractivity (Wildman–Crippen MR) is 71.3 cm³/mol. The Labute approximate surface area is 110 Å². The van der Waals surface area contributed by atoms with Crippen LogP contribution in [-0.2, 0) is 6.54 Å². The van der Waals surface area contributed by atoms with Crippen molar-refractivity contribution in [3.8, 4) is 6.19 Å². The third kappa shape index (κ3) is 3.21. The summed E-state index contributed by atoms with van der Waals surface area (Å²) >= 11 is 3.39. The Morgan fingerprint density at radius 2 is 2.18 bits per heavy atom. The van der Waals surface area contributed by atoms with Gasteiger partial charge < -0.3 is 9.30 Å². The molecule has 0 fully saturated rings. The van der Waals surface area contributed by atoms with Crippen LogP contribution < -0.4 is 0 Å². The number of imidazole rings is 1. The maximum Gasteiger partial charge on any atom is 0.179 e. The Kier molecular flexibility index (Phi) is 4.98. The molecule has 4 nitrogen and oxygen atoms in total. The molecule has 0 aromatic carbocycles. The van der Waals surface area contributed by atoms with E-state index in [0.717, 1.165) is 15.7 Å². The zero-order valence-corrected chi connectivity index (χ0v) is 11.8. The molecule has 90 valence electrons. The summed E-state index contributed by atoms with van der Waals surface area (Å²) in [6.07, 6.45) is 5.75. The zero-order chi connectivity index (χ0) is 12.8. The molecule has 2 aromatic heterocycles. The third-order valence-corrected chi connectivity index (χ3v) is 2.60. The average molecular weight is 295 g/mol. The van der Waals surface area contributed by atoms with E-state index in [-0.39, 0.29) is 0 Å². The van der Waals surface area contributed by atoms with Crippen molar-refractivity contribution in [2.24, 2.45) is 0 Å². The standard InChI is InChI=1S/C10H9BrN4.C2H6/c1-14(6-12)5-9-10-3-2-8(11)4-15(10)7-13-9;1-2/h2-4,7H,5H2,1H3;1-2H3. The molecule has 0 saturated carbocycles. The van der Waals surface area contributed by atoms with E-state index in [1.165, 1.54) is 0 Å². The van der Waals surface area contributed by atoms with Crippen LogP contribution in [0.25, 0.3) is 5.52 Å². The molecule has 0 unspecified atom stereocenters. The lowest BCUT2D eigenvalue weighted by atomic mass is 10.3. The van der Waals surface area contributed by atoms with Gasteiger partial charge in [-0.25, -0.2) is 4.98 Å². The number of hydrogen-bond acceptors (Lipinski definition) is 3. The van der Waals surface area contributed by atoms with Crippen molar-refractivity contribution in [3.05, 3.63) is 34.8 Å². The molecule has 0 spiro atoms.